The van der Waals surface area contributed by atoms with Gasteiger partial charge in [0.05, 0.1) is 18.2 Å². The molecule has 1 heterocycles. The number of esters is 1. The maximum atomic E-state index is 13.5. The van der Waals surface area contributed by atoms with E-state index in [1.54, 1.807) is 7.11 Å². The van der Waals surface area contributed by atoms with E-state index in [9.17, 15) is 9.59 Å². The fourth-order valence-corrected chi connectivity index (χ4v) is 3.91. The molecule has 1 aromatic carbocycles. The summed E-state index contributed by atoms with van der Waals surface area (Å²) < 4.78 is 12.6. The van der Waals surface area contributed by atoms with Crippen molar-refractivity contribution in [3.05, 3.63) is 52.8 Å². The van der Waals surface area contributed by atoms with Gasteiger partial charge in [0.1, 0.15) is 0 Å². The zero-order chi connectivity index (χ0) is 21.8. The van der Waals surface area contributed by atoms with Gasteiger partial charge in [-0.15, -0.1) is 0 Å². The lowest BCUT2D eigenvalue weighted by molar-refractivity contribution is -0.147. The van der Waals surface area contributed by atoms with Crippen molar-refractivity contribution in [2.75, 3.05) is 20.3 Å². The van der Waals surface area contributed by atoms with E-state index < -0.39 is 6.10 Å². The third-order valence-electron chi connectivity index (χ3n) is 5.85. The van der Waals surface area contributed by atoms with Crippen LogP contribution in [0.5, 0.6) is 0 Å². The maximum Gasteiger partial charge on any atom is 0.309 e. The molecule has 7 heteroatoms. The van der Waals surface area contributed by atoms with Crippen LogP contribution >= 0.6 is 0 Å². The van der Waals surface area contributed by atoms with Gasteiger partial charge >= 0.3 is 5.97 Å². The van der Waals surface area contributed by atoms with Gasteiger partial charge in [-0.25, -0.2) is 0 Å². The van der Waals surface area contributed by atoms with Crippen molar-refractivity contribution in [2.45, 2.75) is 39.8 Å². The van der Waals surface area contributed by atoms with Crippen LogP contribution in [0.2, 0.25) is 0 Å². The third-order valence-corrected chi connectivity index (χ3v) is 5.85. The van der Waals surface area contributed by atoms with Crippen LogP contribution in [0.25, 0.3) is 0 Å². The molecule has 3 rings (SSSR count). The molecule has 2 aromatic rings. The van der Waals surface area contributed by atoms with Crippen LogP contribution in [-0.2, 0) is 32.7 Å². The van der Waals surface area contributed by atoms with E-state index in [4.69, 9.17) is 9.47 Å². The number of aryl methyl sites for hydroxylation is 2. The van der Waals surface area contributed by atoms with Crippen molar-refractivity contribution < 1.29 is 19.1 Å². The van der Waals surface area contributed by atoms with E-state index >= 15 is 0 Å². The van der Waals surface area contributed by atoms with E-state index in [0.717, 1.165) is 28.9 Å². The quantitative estimate of drug-likeness (QED) is 0.591. The van der Waals surface area contributed by atoms with E-state index in [1.165, 1.54) is 0 Å². The minimum Gasteiger partial charge on any atom is -0.466 e. The molecule has 30 heavy (non-hydrogen) atoms. The number of nitrogens with zero attached hydrogens (tertiary/aromatic N) is 3. The second-order valence-electron chi connectivity index (χ2n) is 7.87. The van der Waals surface area contributed by atoms with E-state index in [-0.39, 0.29) is 23.7 Å². The highest BCUT2D eigenvalue weighted by molar-refractivity contribution is 5.83. The van der Waals surface area contributed by atoms with Crippen LogP contribution in [0.3, 0.4) is 0 Å². The summed E-state index contributed by atoms with van der Waals surface area (Å²) in [5, 5.41) is 4.48. The highest BCUT2D eigenvalue weighted by Gasteiger charge is 2.46. The molecule has 1 aliphatic carbocycles. The summed E-state index contributed by atoms with van der Waals surface area (Å²) in [6.45, 7) is 7.06. The normalized spacial score (nSPS) is 18.7. The zero-order valence-electron chi connectivity index (χ0n) is 18.4. The Labute approximate surface area is 178 Å². The molecule has 1 fully saturated rings. The van der Waals surface area contributed by atoms with Crippen molar-refractivity contribution in [3.8, 4) is 0 Å². The zero-order valence-corrected chi connectivity index (χ0v) is 18.4. The van der Waals surface area contributed by atoms with E-state index in [2.05, 4.69) is 5.10 Å². The molecular weight excluding hydrogens is 382 g/mol. The minimum absolute atomic E-state index is 0.110. The van der Waals surface area contributed by atoms with Crippen LogP contribution in [0.1, 0.15) is 42.0 Å². The van der Waals surface area contributed by atoms with Gasteiger partial charge in [-0.2, -0.15) is 5.10 Å². The molecule has 0 N–H and O–H groups in total. The van der Waals surface area contributed by atoms with Crippen LogP contribution < -0.4 is 0 Å². The Morgan fingerprint density at radius 3 is 2.53 bits per heavy atom. The van der Waals surface area contributed by atoms with Gasteiger partial charge < -0.3 is 14.4 Å². The Hall–Kier alpha value is -2.67. The molecule has 0 radical (unpaired) electrons. The van der Waals surface area contributed by atoms with Crippen molar-refractivity contribution >= 4 is 11.9 Å². The molecule has 1 saturated carbocycles. The lowest BCUT2D eigenvalue weighted by Crippen LogP contribution is -2.37. The average Bonchev–Trinajstić information content (AvgIpc) is 3.46. The minimum atomic E-state index is -0.691. The molecular formula is C23H31N3O4. The van der Waals surface area contributed by atoms with Crippen LogP contribution in [0, 0.1) is 25.7 Å². The predicted octanol–water partition coefficient (Wildman–Crippen LogP) is 2.95. The fourth-order valence-electron chi connectivity index (χ4n) is 3.91. The van der Waals surface area contributed by atoms with Gasteiger partial charge in [0.2, 0.25) is 0 Å². The number of hydrogen-bond donors (Lipinski definition) is 0. The number of hydrogen-bond acceptors (Lipinski definition) is 5. The topological polar surface area (TPSA) is 73.7 Å². The first-order chi connectivity index (χ1) is 14.4. The second-order valence-corrected chi connectivity index (χ2v) is 7.87. The fraction of sp³-hybridized carbons (Fsp3) is 0.522. The van der Waals surface area contributed by atoms with Gasteiger partial charge in [-0.3, -0.25) is 14.3 Å². The molecule has 1 aliphatic rings. The number of carbonyl (C=O) groups excluding carboxylic acids is 2. The van der Waals surface area contributed by atoms with Gasteiger partial charge in [0.25, 0.3) is 5.91 Å². The largest absolute Gasteiger partial charge is 0.466 e. The standard InChI is InChI=1S/C23H31N3O4/c1-6-30-23(28)19-12-18(19)13-26(14-20-15(2)24-25(4)16(20)3)22(27)21(29-5)17-10-8-7-9-11-17/h7-11,18-19,21H,6,12-14H2,1-5H3/t18-,19+,21+/m0/s1. The molecule has 0 aliphatic heterocycles. The monoisotopic (exact) mass is 413 g/mol. The molecule has 1 amide bonds. The number of methoxy groups -OCH3 is 1. The van der Waals surface area contributed by atoms with Crippen molar-refractivity contribution in [3.63, 3.8) is 0 Å². The number of benzene rings is 1. The number of rotatable bonds is 9. The molecule has 0 saturated heterocycles. The molecule has 1 aromatic heterocycles. The summed E-state index contributed by atoms with van der Waals surface area (Å²) in [6, 6.07) is 9.49. The van der Waals surface area contributed by atoms with Gasteiger partial charge in [0, 0.05) is 38.5 Å². The highest BCUT2D eigenvalue weighted by Crippen LogP contribution is 2.41. The first-order valence-electron chi connectivity index (χ1n) is 10.4. The first-order valence-corrected chi connectivity index (χ1v) is 10.4. The average molecular weight is 414 g/mol. The Morgan fingerprint density at radius 1 is 1.27 bits per heavy atom. The van der Waals surface area contributed by atoms with E-state index in [1.807, 2.05) is 67.7 Å². The first kappa shape index (κ1) is 22.0. The number of carbonyl (C=O) groups is 2. The number of amides is 1. The smallest absolute Gasteiger partial charge is 0.309 e. The lowest BCUT2D eigenvalue weighted by atomic mass is 10.1. The van der Waals surface area contributed by atoms with Gasteiger partial charge in [-0.1, -0.05) is 30.3 Å². The Bertz CT molecular complexity index is 893. The predicted molar refractivity (Wildman–Crippen MR) is 113 cm³/mol. The summed E-state index contributed by atoms with van der Waals surface area (Å²) in [4.78, 5) is 27.4. The molecule has 0 unspecified atom stereocenters. The Balaban J connectivity index is 1.83. The SMILES string of the molecule is CCOC(=O)[C@@H]1C[C@H]1CN(Cc1c(C)nn(C)c1C)C(=O)[C@H](OC)c1ccccc1. The molecule has 162 valence electrons. The van der Waals surface area contributed by atoms with Gasteiger partial charge in [-0.05, 0) is 38.7 Å². The van der Waals surface area contributed by atoms with Crippen molar-refractivity contribution in [1.29, 1.82) is 0 Å². The molecule has 3 atom stereocenters. The second kappa shape index (κ2) is 9.43. The van der Waals surface area contributed by atoms with Crippen molar-refractivity contribution in [2.24, 2.45) is 18.9 Å². The summed E-state index contributed by atoms with van der Waals surface area (Å²) in [6.07, 6.45) is 0.0552. The molecule has 0 bridgehead atoms. The van der Waals surface area contributed by atoms with Crippen molar-refractivity contribution in [1.82, 2.24) is 14.7 Å². The number of ether oxygens (including phenoxy) is 2. The summed E-state index contributed by atoms with van der Waals surface area (Å²) in [7, 11) is 3.45. The van der Waals surface area contributed by atoms with Crippen LogP contribution in [-0.4, -0.2) is 46.8 Å². The van der Waals surface area contributed by atoms with Gasteiger partial charge in [0.15, 0.2) is 6.10 Å². The van der Waals surface area contributed by atoms with Crippen LogP contribution in [0.15, 0.2) is 30.3 Å². The summed E-state index contributed by atoms with van der Waals surface area (Å²) >= 11 is 0. The summed E-state index contributed by atoms with van der Waals surface area (Å²) in [5.41, 5.74) is 3.77. The number of aromatic nitrogens is 2. The highest BCUT2D eigenvalue weighted by atomic mass is 16.5. The Morgan fingerprint density at radius 2 is 1.97 bits per heavy atom. The Kier molecular flexibility index (Phi) is 6.92. The third kappa shape index (κ3) is 4.73. The van der Waals surface area contributed by atoms with Crippen LogP contribution in [0.4, 0.5) is 0 Å². The van der Waals surface area contributed by atoms with E-state index in [0.29, 0.717) is 19.7 Å². The lowest BCUT2D eigenvalue weighted by Gasteiger charge is -2.27. The summed E-state index contributed by atoms with van der Waals surface area (Å²) in [5.74, 6) is -0.302. The maximum absolute atomic E-state index is 13.5. The molecule has 0 spiro atoms. The molecule has 7 nitrogen and oxygen atoms in total.